The Labute approximate surface area is 152 Å². The molecule has 0 amide bonds. The lowest BCUT2D eigenvalue weighted by Crippen LogP contribution is -2.03. The van der Waals surface area contributed by atoms with Gasteiger partial charge in [0.25, 0.3) is 5.89 Å². The van der Waals surface area contributed by atoms with Crippen molar-refractivity contribution in [2.45, 2.75) is 0 Å². The number of rotatable bonds is 4. The van der Waals surface area contributed by atoms with Crippen LogP contribution in [0.25, 0.3) is 22.4 Å². The first-order valence-corrected chi connectivity index (χ1v) is 8.00. The summed E-state index contributed by atoms with van der Waals surface area (Å²) in [5, 5.41) is 11.8. The van der Waals surface area contributed by atoms with Crippen molar-refractivity contribution in [1.29, 1.82) is 0 Å². The van der Waals surface area contributed by atoms with E-state index in [9.17, 15) is 4.79 Å². The van der Waals surface area contributed by atoms with Crippen molar-refractivity contribution in [2.24, 2.45) is 0 Å². The number of methoxy groups -OCH3 is 1. The van der Waals surface area contributed by atoms with Crippen molar-refractivity contribution in [3.05, 3.63) is 64.0 Å². The summed E-state index contributed by atoms with van der Waals surface area (Å²) in [7, 11) is 1.56. The molecule has 0 spiro atoms. The summed E-state index contributed by atoms with van der Waals surface area (Å²) in [4.78, 5) is 12.3. The topological polar surface area (TPSA) is 90.4 Å². The minimum absolute atomic E-state index is 0.0398. The van der Waals surface area contributed by atoms with Crippen molar-refractivity contribution < 1.29 is 13.6 Å². The van der Waals surface area contributed by atoms with Gasteiger partial charge in [0.2, 0.25) is 0 Å². The molecule has 0 aliphatic heterocycles. The van der Waals surface area contributed by atoms with Crippen molar-refractivity contribution >= 4 is 34.3 Å². The minimum Gasteiger partial charge on any atom is -0.495 e. The molecule has 2 aromatic heterocycles. The van der Waals surface area contributed by atoms with Crippen LogP contribution in [0.5, 0.6) is 5.75 Å². The first-order valence-electron chi connectivity index (χ1n) is 7.62. The Bertz CT molecular complexity index is 1150. The van der Waals surface area contributed by atoms with Crippen LogP contribution in [0.4, 0.5) is 11.7 Å². The minimum atomic E-state index is -0.613. The van der Waals surface area contributed by atoms with E-state index in [2.05, 4.69) is 15.5 Å². The van der Waals surface area contributed by atoms with Gasteiger partial charge in [-0.2, -0.15) is 0 Å². The smallest absolute Gasteiger partial charge is 0.349 e. The fourth-order valence-corrected chi connectivity index (χ4v) is 2.72. The van der Waals surface area contributed by atoms with Crippen molar-refractivity contribution in [2.75, 3.05) is 12.4 Å². The summed E-state index contributed by atoms with van der Waals surface area (Å²) < 4.78 is 16.1. The van der Waals surface area contributed by atoms with Crippen molar-refractivity contribution in [3.63, 3.8) is 0 Å². The number of para-hydroxylation sites is 3. The Kier molecular flexibility index (Phi) is 4.06. The molecule has 0 saturated heterocycles. The molecule has 1 N–H and O–H groups in total. The van der Waals surface area contributed by atoms with Crippen LogP contribution in [0.3, 0.4) is 0 Å². The third kappa shape index (κ3) is 2.89. The van der Waals surface area contributed by atoms with E-state index in [1.165, 1.54) is 0 Å². The molecule has 0 atom stereocenters. The third-order valence-corrected chi connectivity index (χ3v) is 4.01. The van der Waals surface area contributed by atoms with E-state index >= 15 is 0 Å². The van der Waals surface area contributed by atoms with Gasteiger partial charge in [-0.15, -0.1) is 5.10 Å². The maximum atomic E-state index is 12.3. The zero-order valence-corrected chi connectivity index (χ0v) is 14.3. The zero-order chi connectivity index (χ0) is 18.1. The zero-order valence-electron chi connectivity index (χ0n) is 13.5. The molecule has 7 nitrogen and oxygen atoms in total. The molecule has 2 heterocycles. The molecule has 4 rings (SSSR count). The van der Waals surface area contributed by atoms with Gasteiger partial charge >= 0.3 is 11.6 Å². The van der Waals surface area contributed by atoms with Crippen LogP contribution >= 0.6 is 11.6 Å². The molecular weight excluding hydrogens is 358 g/mol. The number of hydrogen-bond acceptors (Lipinski definition) is 7. The van der Waals surface area contributed by atoms with Gasteiger partial charge in [0.05, 0.1) is 17.8 Å². The Balaban J connectivity index is 1.71. The largest absolute Gasteiger partial charge is 0.495 e. The Morgan fingerprint density at radius 2 is 1.92 bits per heavy atom. The summed E-state index contributed by atoms with van der Waals surface area (Å²) in [6, 6.07) is 14.2. The number of ether oxygens (including phenoxy) is 1. The fourth-order valence-electron chi connectivity index (χ4n) is 2.50. The maximum absolute atomic E-state index is 12.3. The number of anilines is 2. The monoisotopic (exact) mass is 369 g/mol. The Morgan fingerprint density at radius 3 is 2.77 bits per heavy atom. The molecular formula is C18H12ClN3O4. The van der Waals surface area contributed by atoms with Gasteiger partial charge in [-0.05, 0) is 24.3 Å². The highest BCUT2D eigenvalue weighted by Crippen LogP contribution is 2.29. The molecule has 26 heavy (non-hydrogen) atoms. The molecule has 0 unspecified atom stereocenters. The van der Waals surface area contributed by atoms with E-state index in [-0.39, 0.29) is 17.5 Å². The second-order valence-electron chi connectivity index (χ2n) is 5.34. The molecule has 130 valence electrons. The number of benzene rings is 2. The molecule has 0 saturated carbocycles. The molecule has 4 aromatic rings. The van der Waals surface area contributed by atoms with Gasteiger partial charge in [0, 0.05) is 5.39 Å². The lowest BCUT2D eigenvalue weighted by atomic mass is 10.2. The average Bonchev–Trinajstić information content (AvgIpc) is 3.11. The van der Waals surface area contributed by atoms with Gasteiger partial charge in [0.15, 0.2) is 5.58 Å². The molecule has 2 aromatic carbocycles. The highest BCUT2D eigenvalue weighted by atomic mass is 35.5. The van der Waals surface area contributed by atoms with E-state index < -0.39 is 5.63 Å². The quantitative estimate of drug-likeness (QED) is 0.538. The molecule has 0 bridgehead atoms. The predicted molar refractivity (Wildman–Crippen MR) is 97.1 cm³/mol. The standard InChI is InChI=1S/C18H12ClN3O4/c1-24-14-8-3-2-7-13(14)20-18-22-21-16(26-18)11-9-10-5-4-6-12(19)15(10)25-17(11)23/h2-9H,1H3,(H,20,22). The van der Waals surface area contributed by atoms with Gasteiger partial charge in [-0.25, -0.2) is 4.79 Å². The highest BCUT2D eigenvalue weighted by molar-refractivity contribution is 6.34. The summed E-state index contributed by atoms with van der Waals surface area (Å²) in [6.07, 6.45) is 0. The summed E-state index contributed by atoms with van der Waals surface area (Å²) in [6.45, 7) is 0. The van der Waals surface area contributed by atoms with Crippen molar-refractivity contribution in [1.82, 2.24) is 10.2 Å². The van der Waals surface area contributed by atoms with Crippen LogP contribution in [-0.2, 0) is 0 Å². The van der Waals surface area contributed by atoms with E-state index in [1.54, 1.807) is 43.5 Å². The Hall–Kier alpha value is -3.32. The van der Waals surface area contributed by atoms with Gasteiger partial charge in [-0.3, -0.25) is 0 Å². The van der Waals surface area contributed by atoms with Gasteiger partial charge in [0.1, 0.15) is 11.3 Å². The third-order valence-electron chi connectivity index (χ3n) is 3.72. The van der Waals surface area contributed by atoms with Crippen LogP contribution in [-0.4, -0.2) is 17.3 Å². The molecule has 8 heteroatoms. The van der Waals surface area contributed by atoms with E-state index in [0.29, 0.717) is 27.4 Å². The molecule has 0 aliphatic carbocycles. The van der Waals surface area contributed by atoms with Crippen LogP contribution in [0.1, 0.15) is 0 Å². The van der Waals surface area contributed by atoms with E-state index in [0.717, 1.165) is 0 Å². The average molecular weight is 370 g/mol. The second-order valence-corrected chi connectivity index (χ2v) is 5.75. The lowest BCUT2D eigenvalue weighted by molar-refractivity contribution is 0.416. The second kappa shape index (κ2) is 6.53. The van der Waals surface area contributed by atoms with Crippen LogP contribution in [0.15, 0.2) is 62.2 Å². The number of nitrogens with zero attached hydrogens (tertiary/aromatic N) is 2. The highest BCUT2D eigenvalue weighted by Gasteiger charge is 2.16. The number of nitrogens with one attached hydrogen (secondary N) is 1. The van der Waals surface area contributed by atoms with Crippen molar-refractivity contribution in [3.8, 4) is 17.2 Å². The number of halogens is 1. The number of aromatic nitrogens is 2. The van der Waals surface area contributed by atoms with Gasteiger partial charge in [-0.1, -0.05) is 41.0 Å². The Morgan fingerprint density at radius 1 is 1.08 bits per heavy atom. The predicted octanol–water partition coefficient (Wildman–Crippen LogP) is 4.25. The first kappa shape index (κ1) is 16.2. The fraction of sp³-hybridized carbons (Fsp3) is 0.0556. The lowest BCUT2D eigenvalue weighted by Gasteiger charge is -2.06. The normalized spacial score (nSPS) is 10.8. The molecule has 0 fully saturated rings. The number of hydrogen-bond donors (Lipinski definition) is 1. The summed E-state index contributed by atoms with van der Waals surface area (Å²) in [5.74, 6) is 0.658. The summed E-state index contributed by atoms with van der Waals surface area (Å²) in [5.41, 5.74) is 0.510. The number of fused-ring (bicyclic) bond motifs is 1. The van der Waals surface area contributed by atoms with Gasteiger partial charge < -0.3 is 18.9 Å². The van der Waals surface area contributed by atoms with Crippen LogP contribution < -0.4 is 15.7 Å². The SMILES string of the molecule is COc1ccccc1Nc1nnc(-c2cc3cccc(Cl)c3oc2=O)o1. The first-order chi connectivity index (χ1) is 12.7. The van der Waals surface area contributed by atoms with E-state index in [4.69, 9.17) is 25.2 Å². The van der Waals surface area contributed by atoms with Crippen LogP contribution in [0, 0.1) is 0 Å². The maximum Gasteiger partial charge on any atom is 0.349 e. The molecule has 0 aliphatic rings. The van der Waals surface area contributed by atoms with E-state index in [1.807, 2.05) is 12.1 Å². The summed E-state index contributed by atoms with van der Waals surface area (Å²) >= 11 is 6.04. The van der Waals surface area contributed by atoms with Crippen LogP contribution in [0.2, 0.25) is 5.02 Å². The molecule has 0 radical (unpaired) electrons.